The van der Waals surface area contributed by atoms with E-state index in [-0.39, 0.29) is 11.2 Å². The summed E-state index contributed by atoms with van der Waals surface area (Å²) in [5, 5.41) is 8.42. The van der Waals surface area contributed by atoms with Gasteiger partial charge in [-0.25, -0.2) is 4.39 Å². The zero-order valence-corrected chi connectivity index (χ0v) is 12.1. The second-order valence-corrected chi connectivity index (χ2v) is 5.91. The number of benzene rings is 1. The highest BCUT2D eigenvalue weighted by Gasteiger charge is 2.23. The van der Waals surface area contributed by atoms with E-state index in [1.165, 1.54) is 12.1 Å². The standard InChI is InChI=1S/C14H17ClFN3/c1-14(2,3)12-17-18-13(15)19(12)8-7-10-5-4-6-11(16)9-10/h4-6,9H,7-8H2,1-3H3. The van der Waals surface area contributed by atoms with Crippen LogP contribution in [0.4, 0.5) is 4.39 Å². The van der Waals surface area contributed by atoms with E-state index in [1.807, 2.05) is 10.6 Å². The van der Waals surface area contributed by atoms with E-state index >= 15 is 0 Å². The highest BCUT2D eigenvalue weighted by molar-refractivity contribution is 6.28. The zero-order valence-electron chi connectivity index (χ0n) is 11.3. The molecule has 0 aliphatic heterocycles. The predicted octanol–water partition coefficient (Wildman–Crippen LogP) is 3.61. The predicted molar refractivity (Wildman–Crippen MR) is 73.8 cm³/mol. The van der Waals surface area contributed by atoms with Gasteiger partial charge in [-0.1, -0.05) is 32.9 Å². The third kappa shape index (κ3) is 3.32. The maximum absolute atomic E-state index is 13.1. The molecule has 102 valence electrons. The molecular formula is C14H17ClFN3. The Hall–Kier alpha value is -1.42. The molecule has 0 atom stereocenters. The first-order valence-corrected chi connectivity index (χ1v) is 6.59. The maximum Gasteiger partial charge on any atom is 0.225 e. The largest absolute Gasteiger partial charge is 0.301 e. The van der Waals surface area contributed by atoms with Crippen LogP contribution in [0.5, 0.6) is 0 Å². The summed E-state index contributed by atoms with van der Waals surface area (Å²) in [4.78, 5) is 0. The minimum absolute atomic E-state index is 0.123. The molecule has 0 aliphatic rings. The van der Waals surface area contributed by atoms with Crippen LogP contribution in [0, 0.1) is 5.82 Å². The fourth-order valence-corrected chi connectivity index (χ4v) is 2.17. The molecule has 3 nitrogen and oxygen atoms in total. The Balaban J connectivity index is 2.18. The molecule has 1 aromatic heterocycles. The molecule has 0 N–H and O–H groups in total. The molecule has 2 rings (SSSR count). The van der Waals surface area contributed by atoms with Crippen LogP contribution in [0.1, 0.15) is 32.2 Å². The first kappa shape index (κ1) is 14.0. The summed E-state index contributed by atoms with van der Waals surface area (Å²) in [6.07, 6.45) is 0.693. The molecule has 0 aliphatic carbocycles. The fraction of sp³-hybridized carbons (Fsp3) is 0.429. The molecule has 0 fully saturated rings. The average Bonchev–Trinajstić information content (AvgIpc) is 2.68. The number of halogens is 2. The Morgan fingerprint density at radius 2 is 2.00 bits per heavy atom. The molecule has 0 amide bonds. The minimum atomic E-state index is -0.219. The molecule has 5 heteroatoms. The minimum Gasteiger partial charge on any atom is -0.301 e. The van der Waals surface area contributed by atoms with Crippen LogP contribution in [0.15, 0.2) is 24.3 Å². The van der Waals surface area contributed by atoms with E-state index in [4.69, 9.17) is 11.6 Å². The summed E-state index contributed by atoms with van der Waals surface area (Å²) in [6, 6.07) is 6.59. The second kappa shape index (κ2) is 5.29. The molecule has 1 heterocycles. The van der Waals surface area contributed by atoms with Crippen LogP contribution in [-0.2, 0) is 18.4 Å². The summed E-state index contributed by atoms with van der Waals surface area (Å²) < 4.78 is 15.0. The SMILES string of the molecule is CC(C)(C)c1nnc(Cl)n1CCc1cccc(F)c1. The smallest absolute Gasteiger partial charge is 0.225 e. The van der Waals surface area contributed by atoms with Gasteiger partial charge in [0.25, 0.3) is 0 Å². The van der Waals surface area contributed by atoms with Crippen molar-refractivity contribution in [1.29, 1.82) is 0 Å². The molecule has 19 heavy (non-hydrogen) atoms. The Labute approximate surface area is 117 Å². The van der Waals surface area contributed by atoms with Gasteiger partial charge in [0.05, 0.1) is 0 Å². The highest BCUT2D eigenvalue weighted by atomic mass is 35.5. The Morgan fingerprint density at radius 3 is 2.63 bits per heavy atom. The number of aromatic nitrogens is 3. The third-order valence-electron chi connectivity index (χ3n) is 2.89. The highest BCUT2D eigenvalue weighted by Crippen LogP contribution is 2.23. The quantitative estimate of drug-likeness (QED) is 0.860. The van der Waals surface area contributed by atoms with Crippen molar-refractivity contribution in [1.82, 2.24) is 14.8 Å². The molecule has 0 spiro atoms. The van der Waals surface area contributed by atoms with Crippen LogP contribution in [0.3, 0.4) is 0 Å². The molecule has 0 unspecified atom stereocenters. The van der Waals surface area contributed by atoms with Crippen LogP contribution >= 0.6 is 11.6 Å². The van der Waals surface area contributed by atoms with Gasteiger partial charge in [0.1, 0.15) is 11.6 Å². The van der Waals surface area contributed by atoms with Gasteiger partial charge in [0.2, 0.25) is 5.28 Å². The lowest BCUT2D eigenvalue weighted by Crippen LogP contribution is -2.20. The molecule has 0 bridgehead atoms. The fourth-order valence-electron chi connectivity index (χ4n) is 1.97. The van der Waals surface area contributed by atoms with Gasteiger partial charge in [-0.15, -0.1) is 10.2 Å². The van der Waals surface area contributed by atoms with Gasteiger partial charge in [-0.2, -0.15) is 0 Å². The van der Waals surface area contributed by atoms with Gasteiger partial charge in [0, 0.05) is 12.0 Å². The summed E-state index contributed by atoms with van der Waals surface area (Å²) in [6.45, 7) is 6.83. The van der Waals surface area contributed by atoms with Gasteiger partial charge >= 0.3 is 0 Å². The first-order chi connectivity index (χ1) is 8.88. The van der Waals surface area contributed by atoms with E-state index in [9.17, 15) is 4.39 Å². The van der Waals surface area contributed by atoms with E-state index < -0.39 is 0 Å². The average molecular weight is 282 g/mol. The van der Waals surface area contributed by atoms with Gasteiger partial charge in [-0.3, -0.25) is 0 Å². The van der Waals surface area contributed by atoms with Crippen molar-refractivity contribution < 1.29 is 4.39 Å². The van der Waals surface area contributed by atoms with Crippen molar-refractivity contribution >= 4 is 11.6 Å². The van der Waals surface area contributed by atoms with Crippen molar-refractivity contribution in [2.24, 2.45) is 0 Å². The molecule has 0 saturated carbocycles. The molecule has 2 aromatic rings. The van der Waals surface area contributed by atoms with E-state index in [0.29, 0.717) is 18.2 Å². The van der Waals surface area contributed by atoms with Gasteiger partial charge in [0.15, 0.2) is 0 Å². The zero-order chi connectivity index (χ0) is 14.0. The maximum atomic E-state index is 13.1. The monoisotopic (exact) mass is 281 g/mol. The van der Waals surface area contributed by atoms with Crippen molar-refractivity contribution in [2.45, 2.75) is 39.2 Å². The number of aryl methyl sites for hydroxylation is 1. The third-order valence-corrected chi connectivity index (χ3v) is 3.17. The van der Waals surface area contributed by atoms with Crippen LogP contribution in [-0.4, -0.2) is 14.8 Å². The van der Waals surface area contributed by atoms with Gasteiger partial charge in [-0.05, 0) is 35.7 Å². The molecular weight excluding hydrogens is 265 g/mol. The number of hydrogen-bond acceptors (Lipinski definition) is 2. The second-order valence-electron chi connectivity index (χ2n) is 5.57. The summed E-state index contributed by atoms with van der Waals surface area (Å²) in [7, 11) is 0. The van der Waals surface area contributed by atoms with E-state index in [2.05, 4.69) is 31.0 Å². The van der Waals surface area contributed by atoms with Gasteiger partial charge < -0.3 is 4.57 Å². The topological polar surface area (TPSA) is 30.7 Å². The molecule has 0 saturated heterocycles. The Kier molecular flexibility index (Phi) is 3.90. The molecule has 0 radical (unpaired) electrons. The molecule has 1 aromatic carbocycles. The van der Waals surface area contributed by atoms with Crippen LogP contribution < -0.4 is 0 Å². The van der Waals surface area contributed by atoms with Crippen molar-refractivity contribution in [3.8, 4) is 0 Å². The van der Waals surface area contributed by atoms with Crippen LogP contribution in [0.25, 0.3) is 0 Å². The number of rotatable bonds is 3. The summed E-state index contributed by atoms with van der Waals surface area (Å²) in [5.41, 5.74) is 0.812. The lowest BCUT2D eigenvalue weighted by molar-refractivity contribution is 0.496. The van der Waals surface area contributed by atoms with Crippen molar-refractivity contribution in [3.05, 3.63) is 46.8 Å². The lowest BCUT2D eigenvalue weighted by Gasteiger charge is -2.19. The number of hydrogen-bond donors (Lipinski definition) is 0. The van der Waals surface area contributed by atoms with Crippen LogP contribution in [0.2, 0.25) is 5.28 Å². The summed E-state index contributed by atoms with van der Waals surface area (Å²) >= 11 is 6.06. The summed E-state index contributed by atoms with van der Waals surface area (Å²) in [5.74, 6) is 0.623. The van der Waals surface area contributed by atoms with E-state index in [1.54, 1.807) is 6.07 Å². The lowest BCUT2D eigenvalue weighted by atomic mass is 9.95. The Bertz CT molecular complexity index is 572. The normalized spacial score (nSPS) is 11.8. The van der Waals surface area contributed by atoms with Crippen molar-refractivity contribution in [3.63, 3.8) is 0 Å². The Morgan fingerprint density at radius 1 is 1.26 bits per heavy atom. The van der Waals surface area contributed by atoms with E-state index in [0.717, 1.165) is 11.4 Å². The first-order valence-electron chi connectivity index (χ1n) is 6.21. The van der Waals surface area contributed by atoms with Crippen molar-refractivity contribution in [2.75, 3.05) is 0 Å². The number of nitrogens with zero attached hydrogens (tertiary/aromatic N) is 3.